The van der Waals surface area contributed by atoms with Gasteiger partial charge in [0.1, 0.15) is 17.1 Å². The van der Waals surface area contributed by atoms with Crippen molar-refractivity contribution in [3.8, 4) is 34.1 Å². The van der Waals surface area contributed by atoms with Crippen molar-refractivity contribution in [3.05, 3.63) is 108 Å². The largest absolute Gasteiger partial charge is 0.663 e. The molecule has 3 heterocycles. The molecular formula is C36H31N4OPt-. The van der Waals surface area contributed by atoms with E-state index in [0.717, 1.165) is 55.7 Å². The Balaban J connectivity index is 0.00000316. The second-order valence-electron chi connectivity index (χ2n) is 12.0. The number of nitrogens with zero attached hydrogens (tertiary/aromatic N) is 4. The molecule has 5 nitrogen and oxygen atoms in total. The van der Waals surface area contributed by atoms with E-state index < -0.39 is 0 Å². The molecule has 42 heavy (non-hydrogen) atoms. The maximum atomic E-state index is 10.5. The Kier molecular flexibility index (Phi) is 6.82. The molecule has 0 radical (unpaired) electrons. The van der Waals surface area contributed by atoms with Gasteiger partial charge in [-0.25, -0.2) is 9.97 Å². The van der Waals surface area contributed by atoms with Gasteiger partial charge >= 0.3 is 0 Å². The molecule has 0 unspecified atom stereocenters. The quantitative estimate of drug-likeness (QED) is 0.198. The molecule has 0 spiro atoms. The first-order chi connectivity index (χ1) is 19.7. The van der Waals surface area contributed by atoms with Gasteiger partial charge in [0.25, 0.3) is 0 Å². The van der Waals surface area contributed by atoms with Gasteiger partial charge in [0, 0.05) is 43.3 Å². The van der Waals surface area contributed by atoms with E-state index in [-0.39, 0.29) is 32.2 Å². The van der Waals surface area contributed by atoms with E-state index in [0.29, 0.717) is 5.52 Å². The first-order valence-electron chi connectivity index (χ1n) is 13.9. The van der Waals surface area contributed by atoms with Crippen LogP contribution < -0.4 is 4.98 Å². The average Bonchev–Trinajstić information content (AvgIpc) is 3.56. The summed E-state index contributed by atoms with van der Waals surface area (Å²) in [5.74, 6) is 1.01. The summed E-state index contributed by atoms with van der Waals surface area (Å²) < 4.78 is 2.26. The molecule has 0 bridgehead atoms. The molecule has 4 aromatic carbocycles. The molecule has 0 atom stereocenters. The number of imidazole rings is 1. The summed E-state index contributed by atoms with van der Waals surface area (Å²) in [5.41, 5.74) is 10.7. The number of hydrogen-bond donors (Lipinski definition) is 1. The van der Waals surface area contributed by atoms with E-state index in [1.807, 2.05) is 30.5 Å². The summed E-state index contributed by atoms with van der Waals surface area (Å²) in [6, 6.07) is 28.9. The molecule has 0 aliphatic carbocycles. The molecule has 6 heteroatoms. The standard InChI is InChI=1S/C36H31N4O.Pt/c1-21-16-22(2)18-26(17-21)40-30-10-7-9-27(29-13-12-23-8-6-11-31(41)33(23)38-29)34(30)39-35(40)28-20-25(36(3,4)5)19-24-14-15-37-32(24)28;/h6-20H,1-5H3,(H-,37,38,39,41);/q-1;. The minimum atomic E-state index is -0.0425. The predicted molar refractivity (Wildman–Crippen MR) is 168 cm³/mol. The maximum absolute atomic E-state index is 10.5. The van der Waals surface area contributed by atoms with Gasteiger partial charge in [-0.2, -0.15) is 6.20 Å². The first kappa shape index (κ1) is 27.9. The van der Waals surface area contributed by atoms with Gasteiger partial charge in [-0.15, -0.1) is 5.52 Å². The van der Waals surface area contributed by atoms with Gasteiger partial charge < -0.3 is 10.1 Å². The Bertz CT molecular complexity index is 2110. The number of fused-ring (bicyclic) bond motifs is 3. The third kappa shape index (κ3) is 4.62. The second kappa shape index (κ2) is 10.3. The van der Waals surface area contributed by atoms with Gasteiger partial charge in [0.2, 0.25) is 0 Å². The number of hydrogen-bond acceptors (Lipinski definition) is 3. The zero-order chi connectivity index (χ0) is 28.5. The zero-order valence-corrected chi connectivity index (χ0v) is 26.5. The molecule has 0 saturated carbocycles. The molecule has 0 saturated heterocycles. The molecule has 7 rings (SSSR count). The molecule has 7 aromatic rings. The van der Waals surface area contributed by atoms with Crippen LogP contribution in [0.5, 0.6) is 5.75 Å². The summed E-state index contributed by atoms with van der Waals surface area (Å²) in [4.78, 5) is 15.0. The summed E-state index contributed by atoms with van der Waals surface area (Å²) in [7, 11) is 0. The van der Waals surface area contributed by atoms with Gasteiger partial charge in [-0.1, -0.05) is 69.3 Å². The third-order valence-corrected chi connectivity index (χ3v) is 7.83. The fourth-order valence-corrected chi connectivity index (χ4v) is 5.83. The van der Waals surface area contributed by atoms with Crippen molar-refractivity contribution in [1.82, 2.24) is 19.5 Å². The van der Waals surface area contributed by atoms with Crippen LogP contribution in [0.25, 0.3) is 61.2 Å². The number of phenols is 1. The van der Waals surface area contributed by atoms with Crippen molar-refractivity contribution >= 4 is 32.8 Å². The summed E-state index contributed by atoms with van der Waals surface area (Å²) >= 11 is 0. The summed E-state index contributed by atoms with van der Waals surface area (Å²) in [6.07, 6.45) is 1.88. The van der Waals surface area contributed by atoms with Crippen LogP contribution >= 0.6 is 0 Å². The van der Waals surface area contributed by atoms with Gasteiger partial charge in [0.05, 0.1) is 16.7 Å². The number of benzene rings is 4. The molecule has 0 amide bonds. The first-order valence-corrected chi connectivity index (χ1v) is 13.9. The van der Waals surface area contributed by atoms with Crippen LogP contribution in [0.1, 0.15) is 37.5 Å². The summed E-state index contributed by atoms with van der Waals surface area (Å²) in [5, 5.41) is 12.5. The molecule has 3 aromatic heterocycles. The van der Waals surface area contributed by atoms with E-state index in [2.05, 4.69) is 93.8 Å². The molecule has 0 aliphatic heterocycles. The molecule has 212 valence electrons. The number of rotatable bonds is 3. The number of aryl methyl sites for hydroxylation is 2. The van der Waals surface area contributed by atoms with E-state index in [4.69, 9.17) is 15.0 Å². The van der Waals surface area contributed by atoms with Crippen molar-refractivity contribution in [2.24, 2.45) is 0 Å². The Morgan fingerprint density at radius 1 is 0.738 bits per heavy atom. The van der Waals surface area contributed by atoms with Crippen LogP contribution in [0.2, 0.25) is 0 Å². The topological polar surface area (TPSA) is 65.0 Å². The van der Waals surface area contributed by atoms with Crippen LogP contribution in [0.3, 0.4) is 0 Å². The van der Waals surface area contributed by atoms with Gasteiger partial charge in [-0.05, 0) is 77.7 Å². The number of para-hydroxylation sites is 2. The van der Waals surface area contributed by atoms with E-state index in [1.165, 1.54) is 16.7 Å². The average molecular weight is 731 g/mol. The predicted octanol–water partition coefficient (Wildman–Crippen LogP) is 8.64. The maximum Gasteiger partial charge on any atom is 0.144 e. The van der Waals surface area contributed by atoms with E-state index in [9.17, 15) is 5.11 Å². The Morgan fingerprint density at radius 3 is 2.26 bits per heavy atom. The van der Waals surface area contributed by atoms with Crippen LogP contribution in [0, 0.1) is 13.8 Å². The van der Waals surface area contributed by atoms with Crippen molar-refractivity contribution < 1.29 is 26.2 Å². The van der Waals surface area contributed by atoms with Crippen molar-refractivity contribution in [2.75, 3.05) is 0 Å². The van der Waals surface area contributed by atoms with E-state index >= 15 is 0 Å². The van der Waals surface area contributed by atoms with Crippen molar-refractivity contribution in [3.63, 3.8) is 0 Å². The SMILES string of the molecule is Cc1cc(C)cc(-n2c(-c3cc(C(C)(C)C)cc4cc[n-]c34)nc3c(-c4ccc5cccc(O)c5n4)cccc32)c1.[Pt]. The Hall–Kier alpha value is -4.21. The third-order valence-electron chi connectivity index (χ3n) is 7.83. The van der Waals surface area contributed by atoms with Gasteiger partial charge in [-0.3, -0.25) is 4.57 Å². The molecule has 0 aliphatic rings. The zero-order valence-electron chi connectivity index (χ0n) is 24.2. The Labute approximate surface area is 259 Å². The summed E-state index contributed by atoms with van der Waals surface area (Å²) in [6.45, 7) is 11.0. The molecular weight excluding hydrogens is 700 g/mol. The van der Waals surface area contributed by atoms with Crippen LogP contribution in [-0.4, -0.2) is 19.6 Å². The van der Waals surface area contributed by atoms with Crippen LogP contribution in [0.15, 0.2) is 91.1 Å². The van der Waals surface area contributed by atoms with Crippen molar-refractivity contribution in [1.29, 1.82) is 0 Å². The smallest absolute Gasteiger partial charge is 0.144 e. The number of aromatic nitrogens is 4. The fraction of sp³-hybridized carbons (Fsp3) is 0.167. The number of phenolic OH excluding ortho intramolecular Hbond substituents is 1. The minimum absolute atomic E-state index is 0. The molecule has 1 N–H and O–H groups in total. The Morgan fingerprint density at radius 2 is 1.50 bits per heavy atom. The van der Waals surface area contributed by atoms with Gasteiger partial charge in [0.15, 0.2) is 0 Å². The fourth-order valence-electron chi connectivity index (χ4n) is 5.83. The minimum Gasteiger partial charge on any atom is -0.663 e. The van der Waals surface area contributed by atoms with Crippen molar-refractivity contribution in [2.45, 2.75) is 40.0 Å². The second-order valence-corrected chi connectivity index (χ2v) is 12.0. The normalized spacial score (nSPS) is 11.8. The van der Waals surface area contributed by atoms with Crippen LogP contribution in [-0.2, 0) is 26.5 Å². The van der Waals surface area contributed by atoms with E-state index in [1.54, 1.807) is 6.07 Å². The van der Waals surface area contributed by atoms with Crippen LogP contribution in [0.4, 0.5) is 0 Å². The number of aromatic hydroxyl groups is 1. The number of pyridine rings is 1. The monoisotopic (exact) mass is 730 g/mol. The molecule has 0 fully saturated rings.